The van der Waals surface area contributed by atoms with Crippen molar-refractivity contribution in [2.75, 3.05) is 26.7 Å². The number of methoxy groups -OCH3 is 1. The van der Waals surface area contributed by atoms with Crippen LogP contribution in [0, 0.1) is 5.92 Å². The Morgan fingerprint density at radius 1 is 1.42 bits per heavy atom. The van der Waals surface area contributed by atoms with Gasteiger partial charge in [-0.05, 0) is 66.8 Å². The molecule has 0 spiro atoms. The Hall–Kier alpha value is -1.16. The third-order valence-electron chi connectivity index (χ3n) is 4.80. The van der Waals surface area contributed by atoms with E-state index >= 15 is 0 Å². The molecule has 1 amide bonds. The number of nitrogens with zero attached hydrogens (tertiary/aromatic N) is 1. The van der Waals surface area contributed by atoms with Gasteiger partial charge in [0, 0.05) is 17.1 Å². The fourth-order valence-electron chi connectivity index (χ4n) is 3.03. The largest absolute Gasteiger partial charge is 0.496 e. The number of nitrogens with one attached hydrogen (secondary N) is 1. The van der Waals surface area contributed by atoms with Gasteiger partial charge in [-0.25, -0.2) is 13.6 Å². The molecule has 1 fully saturated rings. The highest BCUT2D eigenvalue weighted by molar-refractivity contribution is 9.10. The summed E-state index contributed by atoms with van der Waals surface area (Å²) in [5.41, 5.74) is 0.138. The molecule has 0 radical (unpaired) electrons. The van der Waals surface area contributed by atoms with E-state index in [1.54, 1.807) is 0 Å². The first-order valence-electron chi connectivity index (χ1n) is 8.56. The number of rotatable bonds is 6. The lowest BCUT2D eigenvalue weighted by Crippen LogP contribution is -2.45. The molecule has 1 saturated heterocycles. The first-order valence-corrected chi connectivity index (χ1v) is 10.9. The summed E-state index contributed by atoms with van der Waals surface area (Å²) in [6, 6.07) is 2.87. The minimum Gasteiger partial charge on any atom is -0.496 e. The number of nitrogens with two attached hydrogens (primary N) is 1. The predicted octanol–water partition coefficient (Wildman–Crippen LogP) is 1.96. The van der Waals surface area contributed by atoms with Crippen LogP contribution < -0.4 is 15.2 Å². The highest BCUT2D eigenvalue weighted by Crippen LogP contribution is 2.30. The molecule has 26 heavy (non-hydrogen) atoms. The number of sulfonamides is 1. The smallest absolute Gasteiger partial charge is 0.255 e. The molecular weight excluding hydrogens is 422 g/mol. The number of hydrogen-bond donors (Lipinski definition) is 2. The molecule has 2 rings (SSSR count). The number of halogens is 1. The van der Waals surface area contributed by atoms with E-state index in [2.05, 4.69) is 40.0 Å². The van der Waals surface area contributed by atoms with Crippen molar-refractivity contribution in [2.45, 2.75) is 37.6 Å². The fourth-order valence-corrected chi connectivity index (χ4v) is 4.65. The number of carbonyl (C=O) groups is 1. The molecule has 7 nitrogen and oxygen atoms in total. The maximum Gasteiger partial charge on any atom is 0.255 e. The summed E-state index contributed by atoms with van der Waals surface area (Å²) in [6.07, 6.45) is 2.33. The molecule has 0 saturated carbocycles. The molecule has 1 aromatic carbocycles. The van der Waals surface area contributed by atoms with Crippen LogP contribution in [0.15, 0.2) is 21.5 Å². The van der Waals surface area contributed by atoms with Gasteiger partial charge in [-0.1, -0.05) is 6.92 Å². The van der Waals surface area contributed by atoms with Crippen LogP contribution in [0.1, 0.15) is 37.0 Å². The number of carbonyl (C=O) groups excluding carboxylic acids is 1. The van der Waals surface area contributed by atoms with Crippen molar-refractivity contribution in [3.05, 3.63) is 22.2 Å². The first-order chi connectivity index (χ1) is 12.1. The normalized spacial score (nSPS) is 17.7. The SMILES string of the molecule is COc1cc(Br)c(S(N)(=O)=O)cc1C(=O)NC[C@H](C)N1CCC(C)CC1. The molecule has 0 bridgehead atoms. The highest BCUT2D eigenvalue weighted by Gasteiger charge is 2.23. The van der Waals surface area contributed by atoms with Crippen LogP contribution in [0.2, 0.25) is 0 Å². The summed E-state index contributed by atoms with van der Waals surface area (Å²) >= 11 is 3.15. The van der Waals surface area contributed by atoms with Gasteiger partial charge in [0.2, 0.25) is 10.0 Å². The van der Waals surface area contributed by atoms with Crippen molar-refractivity contribution in [3.8, 4) is 5.75 Å². The maximum atomic E-state index is 12.6. The molecule has 1 atom stereocenters. The van der Waals surface area contributed by atoms with E-state index < -0.39 is 15.9 Å². The minimum atomic E-state index is -3.96. The monoisotopic (exact) mass is 447 g/mol. The van der Waals surface area contributed by atoms with E-state index in [1.807, 2.05) is 0 Å². The van der Waals surface area contributed by atoms with Crippen molar-refractivity contribution in [1.82, 2.24) is 10.2 Å². The Kier molecular flexibility index (Phi) is 7.06. The lowest BCUT2D eigenvalue weighted by atomic mass is 9.98. The molecule has 1 aliphatic heterocycles. The minimum absolute atomic E-state index is 0.138. The molecule has 9 heteroatoms. The van der Waals surface area contributed by atoms with Crippen molar-refractivity contribution in [1.29, 1.82) is 0 Å². The van der Waals surface area contributed by atoms with Crippen molar-refractivity contribution in [2.24, 2.45) is 11.1 Å². The molecule has 0 aliphatic carbocycles. The zero-order valence-corrected chi connectivity index (χ0v) is 17.7. The average molecular weight is 448 g/mol. The van der Waals surface area contributed by atoms with E-state index in [0.717, 1.165) is 31.8 Å². The van der Waals surface area contributed by atoms with Gasteiger partial charge in [0.05, 0.1) is 17.6 Å². The summed E-state index contributed by atoms with van der Waals surface area (Å²) in [7, 11) is -2.54. The fraction of sp³-hybridized carbons (Fsp3) is 0.588. The van der Waals surface area contributed by atoms with E-state index in [9.17, 15) is 13.2 Å². The van der Waals surface area contributed by atoms with E-state index in [4.69, 9.17) is 9.88 Å². The number of primary sulfonamides is 1. The first kappa shape index (κ1) is 21.1. The van der Waals surface area contributed by atoms with Crippen LogP contribution in [0.25, 0.3) is 0 Å². The second kappa shape index (κ2) is 8.69. The molecular formula is C17H26BrN3O4S. The van der Waals surface area contributed by atoms with Crippen molar-refractivity contribution >= 4 is 31.9 Å². The summed E-state index contributed by atoms with van der Waals surface area (Å²) in [5, 5.41) is 8.08. The summed E-state index contributed by atoms with van der Waals surface area (Å²) in [4.78, 5) is 14.8. The Balaban J connectivity index is 2.11. The van der Waals surface area contributed by atoms with Gasteiger partial charge < -0.3 is 10.1 Å². The lowest BCUT2D eigenvalue weighted by molar-refractivity contribution is 0.0918. The molecule has 1 aliphatic rings. The quantitative estimate of drug-likeness (QED) is 0.693. The van der Waals surface area contributed by atoms with Crippen LogP contribution in [-0.2, 0) is 10.0 Å². The lowest BCUT2D eigenvalue weighted by Gasteiger charge is -2.35. The van der Waals surface area contributed by atoms with Crippen LogP contribution in [0.4, 0.5) is 0 Å². The van der Waals surface area contributed by atoms with Gasteiger partial charge in [0.15, 0.2) is 0 Å². The average Bonchev–Trinajstić information content (AvgIpc) is 2.58. The zero-order valence-electron chi connectivity index (χ0n) is 15.3. The molecule has 0 aromatic heterocycles. The van der Waals surface area contributed by atoms with Gasteiger partial charge >= 0.3 is 0 Å². The van der Waals surface area contributed by atoms with Crippen LogP contribution in [0.5, 0.6) is 5.75 Å². The van der Waals surface area contributed by atoms with E-state index in [0.29, 0.717) is 6.54 Å². The van der Waals surface area contributed by atoms with Crippen LogP contribution in [0.3, 0.4) is 0 Å². The zero-order chi connectivity index (χ0) is 19.5. The van der Waals surface area contributed by atoms with E-state index in [1.165, 1.54) is 19.2 Å². The van der Waals surface area contributed by atoms with Gasteiger partial charge in [0.25, 0.3) is 5.91 Å². The summed E-state index contributed by atoms with van der Waals surface area (Å²) < 4.78 is 28.9. The van der Waals surface area contributed by atoms with Gasteiger partial charge in [-0.2, -0.15) is 0 Å². The molecule has 146 valence electrons. The van der Waals surface area contributed by atoms with Crippen LogP contribution in [-0.4, -0.2) is 52.0 Å². The molecule has 1 aromatic rings. The molecule has 1 heterocycles. The maximum absolute atomic E-state index is 12.6. The topological polar surface area (TPSA) is 102 Å². The third-order valence-corrected chi connectivity index (χ3v) is 6.67. The standard InChI is InChI=1S/C17H26BrN3O4S/c1-11-4-6-21(7-5-11)12(2)10-20-17(22)13-8-16(26(19,23)24)14(18)9-15(13)25-3/h8-9,11-12H,4-7,10H2,1-3H3,(H,20,22)(H2,19,23,24)/t12-/m0/s1. The van der Waals surface area contributed by atoms with Crippen LogP contribution >= 0.6 is 15.9 Å². The Bertz CT molecular complexity index is 762. The number of likely N-dealkylation sites (tertiary alicyclic amines) is 1. The second-order valence-corrected chi connectivity index (χ2v) is 9.19. The van der Waals surface area contributed by atoms with Crippen molar-refractivity contribution in [3.63, 3.8) is 0 Å². The number of amides is 1. The molecule has 0 unspecified atom stereocenters. The second-order valence-electron chi connectivity index (χ2n) is 6.81. The Morgan fingerprint density at radius 3 is 2.58 bits per heavy atom. The third kappa shape index (κ3) is 5.18. The van der Waals surface area contributed by atoms with Gasteiger partial charge in [-0.3, -0.25) is 9.69 Å². The number of ether oxygens (including phenoxy) is 1. The molecule has 3 N–H and O–H groups in total. The highest BCUT2D eigenvalue weighted by atomic mass is 79.9. The Labute approximate surface area is 163 Å². The number of benzene rings is 1. The summed E-state index contributed by atoms with van der Waals surface area (Å²) in [6.45, 7) is 6.85. The Morgan fingerprint density at radius 2 is 2.04 bits per heavy atom. The van der Waals surface area contributed by atoms with Gasteiger partial charge in [0.1, 0.15) is 5.75 Å². The van der Waals surface area contributed by atoms with Crippen molar-refractivity contribution < 1.29 is 17.9 Å². The van der Waals surface area contributed by atoms with E-state index in [-0.39, 0.29) is 26.7 Å². The summed E-state index contributed by atoms with van der Waals surface area (Å²) in [5.74, 6) is 0.634. The number of piperidine rings is 1. The predicted molar refractivity (Wildman–Crippen MR) is 104 cm³/mol. The number of hydrogen-bond acceptors (Lipinski definition) is 5. The van der Waals surface area contributed by atoms with Gasteiger partial charge in [-0.15, -0.1) is 0 Å².